The van der Waals surface area contributed by atoms with Crippen LogP contribution >= 0.6 is 22.6 Å². The molecule has 1 N–H and O–H groups in total. The number of hydrogen-bond donors (Lipinski definition) is 1. The van der Waals surface area contributed by atoms with Crippen molar-refractivity contribution in [3.63, 3.8) is 0 Å². The lowest BCUT2D eigenvalue weighted by molar-refractivity contribution is 0.338. The van der Waals surface area contributed by atoms with Gasteiger partial charge < -0.3 is 0 Å². The van der Waals surface area contributed by atoms with Gasteiger partial charge in [0, 0.05) is 11.1 Å². The van der Waals surface area contributed by atoms with Crippen molar-refractivity contribution in [3.05, 3.63) is 95.1 Å². The number of hydrogen-bond acceptors (Lipinski definition) is 1. The van der Waals surface area contributed by atoms with E-state index in [1.165, 1.54) is 57.1 Å². The Bertz CT molecular complexity index is 1010. The van der Waals surface area contributed by atoms with Gasteiger partial charge in [-0.2, -0.15) is 0 Å². The third-order valence-corrected chi connectivity index (χ3v) is 7.84. The molecule has 2 atom stereocenters. The predicted octanol–water partition coefficient (Wildman–Crippen LogP) is 7.93. The number of aryl methyl sites for hydroxylation is 2. The van der Waals surface area contributed by atoms with Crippen molar-refractivity contribution < 1.29 is 0 Å². The minimum atomic E-state index is -0.00191. The second kappa shape index (κ2) is 9.46. The van der Waals surface area contributed by atoms with Gasteiger partial charge >= 0.3 is 0 Å². The van der Waals surface area contributed by atoms with Crippen LogP contribution in [-0.4, -0.2) is 4.43 Å². The van der Waals surface area contributed by atoms with Gasteiger partial charge in [0.15, 0.2) is 0 Å². The molecule has 0 aromatic heterocycles. The Morgan fingerprint density at radius 1 is 0.774 bits per heavy atom. The number of halogens is 1. The van der Waals surface area contributed by atoms with Crippen molar-refractivity contribution in [1.29, 1.82) is 0 Å². The molecule has 0 saturated carbocycles. The molecule has 3 aromatic rings. The van der Waals surface area contributed by atoms with E-state index in [9.17, 15) is 0 Å². The minimum absolute atomic E-state index is 0.00191. The standard InChI is InChI=1S/C29H34IN/c1-22-8-4-5-10-27(22)29(3)20-19-28(2,31-29)26-17-15-25(16-18-26)24-13-11-23(12-14-24)9-6-7-21-30/h4-5,8,10-18,31H,6-7,9,19-21H2,1-3H3/t28-,29?/m1/s1. The molecule has 1 saturated heterocycles. The van der Waals surface area contributed by atoms with E-state index in [1.807, 2.05) is 0 Å². The molecule has 1 nitrogen and oxygen atoms in total. The molecule has 4 rings (SSSR count). The van der Waals surface area contributed by atoms with Crippen LogP contribution in [-0.2, 0) is 17.5 Å². The summed E-state index contributed by atoms with van der Waals surface area (Å²) in [7, 11) is 0. The second-order valence-corrected chi connectivity index (χ2v) is 10.6. The molecule has 0 spiro atoms. The molecule has 0 bridgehead atoms. The molecular weight excluding hydrogens is 489 g/mol. The van der Waals surface area contributed by atoms with Gasteiger partial charge in [0.05, 0.1) is 0 Å². The van der Waals surface area contributed by atoms with Crippen molar-refractivity contribution in [2.75, 3.05) is 4.43 Å². The summed E-state index contributed by atoms with van der Waals surface area (Å²) in [5.41, 5.74) is 8.24. The molecule has 162 valence electrons. The predicted molar refractivity (Wildman–Crippen MR) is 142 cm³/mol. The summed E-state index contributed by atoms with van der Waals surface area (Å²) < 4.78 is 1.25. The highest BCUT2D eigenvalue weighted by molar-refractivity contribution is 14.1. The zero-order valence-corrected chi connectivity index (χ0v) is 21.2. The molecular formula is C29H34IN. The maximum Gasteiger partial charge on any atom is 0.0416 e. The van der Waals surface area contributed by atoms with Gasteiger partial charge in [-0.1, -0.05) is 95.4 Å². The van der Waals surface area contributed by atoms with Crippen LogP contribution in [0.4, 0.5) is 0 Å². The molecule has 1 unspecified atom stereocenters. The maximum atomic E-state index is 4.01. The van der Waals surface area contributed by atoms with Crippen LogP contribution in [0, 0.1) is 6.92 Å². The zero-order chi connectivity index (χ0) is 21.9. The minimum Gasteiger partial charge on any atom is -0.298 e. The molecule has 3 aromatic carbocycles. The number of nitrogens with one attached hydrogen (secondary N) is 1. The molecule has 2 heteroatoms. The molecule has 1 heterocycles. The monoisotopic (exact) mass is 523 g/mol. The first-order valence-electron chi connectivity index (χ1n) is 11.5. The molecule has 1 fully saturated rings. The zero-order valence-electron chi connectivity index (χ0n) is 19.0. The number of benzene rings is 3. The average molecular weight is 524 g/mol. The highest BCUT2D eigenvalue weighted by atomic mass is 127. The van der Waals surface area contributed by atoms with Gasteiger partial charge in [0.1, 0.15) is 0 Å². The smallest absolute Gasteiger partial charge is 0.0416 e. The largest absolute Gasteiger partial charge is 0.298 e. The Hall–Kier alpha value is -1.65. The van der Waals surface area contributed by atoms with E-state index in [2.05, 4.69) is 121 Å². The quantitative estimate of drug-likeness (QED) is 0.188. The van der Waals surface area contributed by atoms with E-state index in [4.69, 9.17) is 0 Å². The first-order chi connectivity index (χ1) is 14.9. The van der Waals surface area contributed by atoms with Gasteiger partial charge in [-0.3, -0.25) is 5.32 Å². The number of alkyl halides is 1. The Balaban J connectivity index is 1.49. The fourth-order valence-electron chi connectivity index (χ4n) is 5.16. The Labute approximate surface area is 201 Å². The summed E-state index contributed by atoms with van der Waals surface area (Å²) in [4.78, 5) is 0. The summed E-state index contributed by atoms with van der Waals surface area (Å²) in [6, 6.07) is 27.2. The van der Waals surface area contributed by atoms with E-state index in [1.54, 1.807) is 0 Å². The summed E-state index contributed by atoms with van der Waals surface area (Å²) in [5, 5.41) is 4.01. The van der Waals surface area contributed by atoms with Crippen LogP contribution in [0.1, 0.15) is 61.8 Å². The lowest BCUT2D eigenvalue weighted by Gasteiger charge is -2.33. The van der Waals surface area contributed by atoms with Crippen LogP contribution < -0.4 is 5.32 Å². The molecule has 1 aliphatic rings. The SMILES string of the molecule is Cc1ccccc1C1(C)CC[C@](C)(c2ccc(-c3ccc(CCCCI)cc3)cc2)N1. The average Bonchev–Trinajstić information content (AvgIpc) is 3.12. The molecule has 0 radical (unpaired) electrons. The molecule has 0 aliphatic carbocycles. The van der Waals surface area contributed by atoms with Gasteiger partial charge in [0.2, 0.25) is 0 Å². The first-order valence-corrected chi connectivity index (χ1v) is 13.1. The third-order valence-electron chi connectivity index (χ3n) is 7.07. The molecule has 1 aliphatic heterocycles. The van der Waals surface area contributed by atoms with Gasteiger partial charge in [-0.15, -0.1) is 0 Å². The molecule has 0 amide bonds. The Kier molecular flexibility index (Phi) is 6.88. The van der Waals surface area contributed by atoms with Crippen molar-refractivity contribution >= 4 is 22.6 Å². The topological polar surface area (TPSA) is 12.0 Å². The van der Waals surface area contributed by atoms with Crippen molar-refractivity contribution in [3.8, 4) is 11.1 Å². The van der Waals surface area contributed by atoms with E-state index in [0.717, 1.165) is 12.8 Å². The van der Waals surface area contributed by atoms with E-state index < -0.39 is 0 Å². The Morgan fingerprint density at radius 2 is 1.39 bits per heavy atom. The van der Waals surface area contributed by atoms with Crippen LogP contribution in [0.25, 0.3) is 11.1 Å². The number of unbranched alkanes of at least 4 members (excludes halogenated alkanes) is 1. The third kappa shape index (κ3) is 4.90. The van der Waals surface area contributed by atoms with E-state index >= 15 is 0 Å². The fourth-order valence-corrected chi connectivity index (χ4v) is 5.70. The van der Waals surface area contributed by atoms with Crippen molar-refractivity contribution in [2.45, 2.75) is 64.0 Å². The summed E-state index contributed by atoms with van der Waals surface area (Å²) in [6.07, 6.45) is 6.06. The maximum absolute atomic E-state index is 4.01. The summed E-state index contributed by atoms with van der Waals surface area (Å²) in [6.45, 7) is 6.94. The van der Waals surface area contributed by atoms with Gasteiger partial charge in [-0.25, -0.2) is 0 Å². The van der Waals surface area contributed by atoms with Gasteiger partial charge in [-0.05, 0) is 90.7 Å². The number of rotatable bonds is 7. The van der Waals surface area contributed by atoms with Crippen molar-refractivity contribution in [2.24, 2.45) is 0 Å². The van der Waals surface area contributed by atoms with Crippen LogP contribution in [0.15, 0.2) is 72.8 Å². The summed E-state index contributed by atoms with van der Waals surface area (Å²) >= 11 is 2.46. The van der Waals surface area contributed by atoms with Crippen LogP contribution in [0.3, 0.4) is 0 Å². The second-order valence-electron chi connectivity index (χ2n) is 9.52. The van der Waals surface area contributed by atoms with E-state index in [0.29, 0.717) is 0 Å². The lowest BCUT2D eigenvalue weighted by atomic mass is 9.87. The van der Waals surface area contributed by atoms with Crippen molar-refractivity contribution in [1.82, 2.24) is 5.32 Å². The molecule has 31 heavy (non-hydrogen) atoms. The first kappa shape index (κ1) is 22.5. The highest BCUT2D eigenvalue weighted by Crippen LogP contribution is 2.44. The van der Waals surface area contributed by atoms with E-state index in [-0.39, 0.29) is 11.1 Å². The highest BCUT2D eigenvalue weighted by Gasteiger charge is 2.44. The van der Waals surface area contributed by atoms with Crippen LogP contribution in [0.5, 0.6) is 0 Å². The fraction of sp³-hybridized carbons (Fsp3) is 0.379. The normalized spacial score (nSPS) is 23.2. The lowest BCUT2D eigenvalue weighted by Crippen LogP contribution is -2.43. The van der Waals surface area contributed by atoms with Gasteiger partial charge in [0.25, 0.3) is 0 Å². The Morgan fingerprint density at radius 3 is 2.03 bits per heavy atom. The summed E-state index contributed by atoms with van der Waals surface area (Å²) in [5.74, 6) is 0. The van der Waals surface area contributed by atoms with Crippen LogP contribution in [0.2, 0.25) is 0 Å².